The van der Waals surface area contributed by atoms with Gasteiger partial charge in [-0.2, -0.15) is 5.10 Å². The Labute approximate surface area is 115 Å². The predicted octanol–water partition coefficient (Wildman–Crippen LogP) is -0.0544. The van der Waals surface area contributed by atoms with E-state index in [1.54, 1.807) is 24.3 Å². The summed E-state index contributed by atoms with van der Waals surface area (Å²) in [5.41, 5.74) is 8.64. The van der Waals surface area contributed by atoms with Gasteiger partial charge in [0.15, 0.2) is 0 Å². The van der Waals surface area contributed by atoms with Crippen LogP contribution in [0.5, 0.6) is 0 Å². The summed E-state index contributed by atoms with van der Waals surface area (Å²) in [7, 11) is 0. The molecule has 1 atom stereocenters. The summed E-state index contributed by atoms with van der Waals surface area (Å²) in [5, 5.41) is 12.2. The third-order valence-electron chi connectivity index (χ3n) is 2.42. The van der Waals surface area contributed by atoms with Crippen molar-refractivity contribution in [1.29, 1.82) is 0 Å². The molecule has 1 amide bonds. The number of hydrazone groups is 1. The normalized spacial score (nSPS) is 12.1. The van der Waals surface area contributed by atoms with E-state index < -0.39 is 12.0 Å². The highest BCUT2D eigenvalue weighted by molar-refractivity contribution is 6.35. The first-order chi connectivity index (χ1) is 9.40. The van der Waals surface area contributed by atoms with E-state index in [2.05, 4.69) is 10.5 Å². The number of rotatable bonds is 6. The molecule has 1 aromatic rings. The maximum atomic E-state index is 11.6. The van der Waals surface area contributed by atoms with E-state index in [1.807, 2.05) is 0 Å². The van der Waals surface area contributed by atoms with E-state index >= 15 is 0 Å². The third kappa shape index (κ3) is 4.99. The van der Waals surface area contributed by atoms with Crippen LogP contribution in [0.3, 0.4) is 0 Å². The Balaban J connectivity index is 2.66. The van der Waals surface area contributed by atoms with Gasteiger partial charge in [0.1, 0.15) is 6.04 Å². The van der Waals surface area contributed by atoms with Gasteiger partial charge in [-0.1, -0.05) is 24.3 Å². The zero-order valence-corrected chi connectivity index (χ0v) is 10.9. The Bertz CT molecular complexity index is 537. The highest BCUT2D eigenvalue weighted by Gasteiger charge is 2.12. The summed E-state index contributed by atoms with van der Waals surface area (Å²) < 4.78 is 0. The molecule has 0 aliphatic heterocycles. The highest BCUT2D eigenvalue weighted by Crippen LogP contribution is 2.07. The molecule has 0 radical (unpaired) electrons. The van der Waals surface area contributed by atoms with Gasteiger partial charge in [-0.25, -0.2) is 5.43 Å². The van der Waals surface area contributed by atoms with Gasteiger partial charge in [0.25, 0.3) is 0 Å². The summed E-state index contributed by atoms with van der Waals surface area (Å²) >= 11 is 0. The number of nitrogens with two attached hydrogens (primary N) is 1. The third-order valence-corrected chi connectivity index (χ3v) is 2.42. The molecule has 0 heterocycles. The molecule has 1 unspecified atom stereocenters. The molecule has 0 saturated heterocycles. The summed E-state index contributed by atoms with van der Waals surface area (Å²) in [6.45, 7) is 1.28. The largest absolute Gasteiger partial charge is 0.480 e. The van der Waals surface area contributed by atoms with Crippen molar-refractivity contribution in [2.75, 3.05) is 0 Å². The van der Waals surface area contributed by atoms with E-state index in [0.717, 1.165) is 11.8 Å². The van der Waals surface area contributed by atoms with Crippen LogP contribution in [0.4, 0.5) is 0 Å². The van der Waals surface area contributed by atoms with E-state index in [4.69, 9.17) is 10.8 Å². The van der Waals surface area contributed by atoms with Gasteiger partial charge in [0.2, 0.25) is 11.7 Å². The van der Waals surface area contributed by atoms with Crippen molar-refractivity contribution in [3.05, 3.63) is 35.4 Å². The van der Waals surface area contributed by atoms with Crippen LogP contribution in [0.1, 0.15) is 22.8 Å². The predicted molar refractivity (Wildman–Crippen MR) is 72.4 cm³/mol. The van der Waals surface area contributed by atoms with Crippen molar-refractivity contribution in [2.24, 2.45) is 10.8 Å². The van der Waals surface area contributed by atoms with Crippen molar-refractivity contribution in [1.82, 2.24) is 5.43 Å². The number of benzene rings is 1. The second-order valence-corrected chi connectivity index (χ2v) is 4.14. The summed E-state index contributed by atoms with van der Waals surface area (Å²) in [4.78, 5) is 32.8. The van der Waals surface area contributed by atoms with E-state index in [9.17, 15) is 14.4 Å². The van der Waals surface area contributed by atoms with Crippen LogP contribution in [-0.2, 0) is 16.0 Å². The number of carbonyl (C=O) groups excluding carboxylic acids is 2. The molecule has 1 rings (SSSR count). The Kier molecular flexibility index (Phi) is 5.55. The van der Waals surface area contributed by atoms with Gasteiger partial charge in [0.05, 0.1) is 6.21 Å². The molecule has 1 aromatic carbocycles. The summed E-state index contributed by atoms with van der Waals surface area (Å²) in [6, 6.07) is 5.38. The Morgan fingerprint density at radius 3 is 2.45 bits per heavy atom. The molecule has 0 aromatic heterocycles. The number of nitrogens with zero attached hydrogens (tertiary/aromatic N) is 1. The minimum atomic E-state index is -1.08. The minimum Gasteiger partial charge on any atom is -0.480 e. The Hall–Kier alpha value is -2.54. The molecular weight excluding hydrogens is 262 g/mol. The number of carbonyl (C=O) groups is 3. The fraction of sp³-hybridized carbons (Fsp3) is 0.231. The first-order valence-corrected chi connectivity index (χ1v) is 5.81. The molecule has 20 heavy (non-hydrogen) atoms. The van der Waals surface area contributed by atoms with Crippen LogP contribution in [0.15, 0.2) is 29.4 Å². The molecule has 106 valence electrons. The number of ketones is 1. The molecule has 0 aliphatic carbocycles. The number of nitrogens with one attached hydrogen (secondary N) is 1. The molecule has 0 aliphatic rings. The fourth-order valence-corrected chi connectivity index (χ4v) is 1.40. The molecule has 7 nitrogen and oxygen atoms in total. The van der Waals surface area contributed by atoms with Gasteiger partial charge < -0.3 is 10.8 Å². The van der Waals surface area contributed by atoms with Crippen molar-refractivity contribution in [3.63, 3.8) is 0 Å². The SMILES string of the molecule is CC(=O)N/N=C/C(=O)c1ccc(CC(N)C(=O)O)cc1. The monoisotopic (exact) mass is 277 g/mol. The Morgan fingerprint density at radius 2 is 1.95 bits per heavy atom. The fourth-order valence-electron chi connectivity index (χ4n) is 1.40. The lowest BCUT2D eigenvalue weighted by Crippen LogP contribution is -2.32. The van der Waals surface area contributed by atoms with Crippen LogP contribution in [-0.4, -0.2) is 35.0 Å². The minimum absolute atomic E-state index is 0.184. The number of hydrogen-bond acceptors (Lipinski definition) is 5. The number of amides is 1. The maximum Gasteiger partial charge on any atom is 0.320 e. The van der Waals surface area contributed by atoms with Crippen LogP contribution in [0.2, 0.25) is 0 Å². The molecule has 0 fully saturated rings. The van der Waals surface area contributed by atoms with Gasteiger partial charge in [-0.3, -0.25) is 14.4 Å². The first kappa shape index (κ1) is 15.5. The molecule has 0 spiro atoms. The van der Waals surface area contributed by atoms with Crippen LogP contribution < -0.4 is 11.2 Å². The second-order valence-electron chi connectivity index (χ2n) is 4.14. The van der Waals surface area contributed by atoms with Crippen molar-refractivity contribution in [3.8, 4) is 0 Å². The smallest absolute Gasteiger partial charge is 0.320 e. The molecule has 0 saturated carbocycles. The first-order valence-electron chi connectivity index (χ1n) is 5.81. The van der Waals surface area contributed by atoms with Gasteiger partial charge in [-0.05, 0) is 12.0 Å². The quantitative estimate of drug-likeness (QED) is 0.382. The van der Waals surface area contributed by atoms with E-state index in [-0.39, 0.29) is 18.1 Å². The van der Waals surface area contributed by atoms with Gasteiger partial charge in [-0.15, -0.1) is 0 Å². The van der Waals surface area contributed by atoms with Crippen LogP contribution in [0.25, 0.3) is 0 Å². The molecular formula is C13H15N3O4. The van der Waals surface area contributed by atoms with Crippen molar-refractivity contribution >= 4 is 23.9 Å². The van der Waals surface area contributed by atoms with E-state index in [0.29, 0.717) is 5.56 Å². The summed E-state index contributed by atoms with van der Waals surface area (Å²) in [6.07, 6.45) is 1.18. The molecule has 4 N–H and O–H groups in total. The zero-order valence-electron chi connectivity index (χ0n) is 10.9. The van der Waals surface area contributed by atoms with Gasteiger partial charge >= 0.3 is 5.97 Å². The molecule has 0 bridgehead atoms. The average molecular weight is 277 g/mol. The van der Waals surface area contributed by atoms with E-state index in [1.165, 1.54) is 6.92 Å². The number of Topliss-reactive ketones (excluding diaryl/α,β-unsaturated/α-hetero) is 1. The second kappa shape index (κ2) is 7.15. The number of carboxylic acids is 1. The number of hydrogen-bond donors (Lipinski definition) is 3. The van der Waals surface area contributed by atoms with Crippen LogP contribution in [0, 0.1) is 0 Å². The standard InChI is InChI=1S/C13H15N3O4/c1-8(17)16-15-7-12(18)10-4-2-9(3-5-10)6-11(14)13(19)20/h2-5,7,11H,6,14H2,1H3,(H,16,17)(H,19,20)/b15-7+. The zero-order chi connectivity index (χ0) is 15.1. The number of carboxylic acid groups (broad SMARTS) is 1. The Morgan fingerprint density at radius 1 is 1.35 bits per heavy atom. The highest BCUT2D eigenvalue weighted by atomic mass is 16.4. The van der Waals surface area contributed by atoms with Gasteiger partial charge in [0, 0.05) is 12.5 Å². The number of aliphatic carboxylic acids is 1. The average Bonchev–Trinajstić information content (AvgIpc) is 2.38. The lowest BCUT2D eigenvalue weighted by atomic mass is 10.0. The van der Waals surface area contributed by atoms with Crippen molar-refractivity contribution < 1.29 is 19.5 Å². The van der Waals surface area contributed by atoms with Crippen molar-refractivity contribution in [2.45, 2.75) is 19.4 Å². The molecule has 7 heteroatoms. The summed E-state index contributed by atoms with van der Waals surface area (Å²) in [5.74, 6) is -1.81. The van der Waals surface area contributed by atoms with Crippen LogP contribution >= 0.6 is 0 Å². The maximum absolute atomic E-state index is 11.6. The topological polar surface area (TPSA) is 122 Å². The lowest BCUT2D eigenvalue weighted by molar-refractivity contribution is -0.138. The lowest BCUT2D eigenvalue weighted by Gasteiger charge is -2.06.